The first-order chi connectivity index (χ1) is 15.5. The van der Waals surface area contributed by atoms with Crippen molar-refractivity contribution in [2.75, 3.05) is 18.4 Å². The molecule has 1 spiro atoms. The van der Waals surface area contributed by atoms with Gasteiger partial charge in [0.25, 0.3) is 0 Å². The number of amides is 1. The monoisotopic (exact) mass is 438 g/mol. The standard InChI is InChI=1S/C26H31FN2O3/c27-24-12-20(28-25(31)32-17-18-4-2-1-3-5-18)6-7-23(24)19-8-10-29(11-9-19)21-13-26(14-21)15-22(30)16-26/h1-7,12,19,21-22,30H,8-11,13-17H2,(H,28,31). The number of carbonyl (C=O) groups excluding carboxylic acids is 1. The molecule has 2 aliphatic carbocycles. The van der Waals surface area contributed by atoms with E-state index < -0.39 is 6.09 Å². The molecule has 5 nitrogen and oxygen atoms in total. The normalized spacial score (nSPS) is 28.1. The fraction of sp³-hybridized carbons (Fsp3) is 0.500. The van der Waals surface area contributed by atoms with E-state index in [1.54, 1.807) is 12.1 Å². The summed E-state index contributed by atoms with van der Waals surface area (Å²) < 4.78 is 20.0. The van der Waals surface area contributed by atoms with E-state index in [0.717, 1.165) is 49.9 Å². The van der Waals surface area contributed by atoms with Crippen molar-refractivity contribution >= 4 is 11.8 Å². The molecule has 0 bridgehead atoms. The molecule has 3 aliphatic rings. The summed E-state index contributed by atoms with van der Waals surface area (Å²) in [5.41, 5.74) is 2.47. The molecule has 2 saturated carbocycles. The molecule has 32 heavy (non-hydrogen) atoms. The van der Waals surface area contributed by atoms with E-state index in [1.165, 1.54) is 18.9 Å². The fourth-order valence-electron chi connectivity index (χ4n) is 5.86. The molecule has 5 rings (SSSR count). The van der Waals surface area contributed by atoms with E-state index in [4.69, 9.17) is 4.74 Å². The van der Waals surface area contributed by atoms with E-state index >= 15 is 0 Å². The van der Waals surface area contributed by atoms with Crippen LogP contribution >= 0.6 is 0 Å². The van der Waals surface area contributed by atoms with Crippen molar-refractivity contribution < 1.29 is 19.0 Å². The summed E-state index contributed by atoms with van der Waals surface area (Å²) in [5.74, 6) is -0.0553. The van der Waals surface area contributed by atoms with Gasteiger partial charge in [-0.15, -0.1) is 0 Å². The minimum Gasteiger partial charge on any atom is -0.444 e. The lowest BCUT2D eigenvalue weighted by molar-refractivity contribution is -0.125. The molecular formula is C26H31FN2O3. The average Bonchev–Trinajstić information content (AvgIpc) is 2.75. The Balaban J connectivity index is 1.09. The van der Waals surface area contributed by atoms with Crippen molar-refractivity contribution in [1.82, 2.24) is 4.90 Å². The first-order valence-electron chi connectivity index (χ1n) is 11.7. The SMILES string of the molecule is O=C(Nc1ccc(C2CCN(C3CC4(CC(O)C4)C3)CC2)c(F)c1)OCc1ccccc1. The third-order valence-corrected chi connectivity index (χ3v) is 7.62. The molecule has 3 fully saturated rings. The van der Waals surface area contributed by atoms with E-state index in [-0.39, 0.29) is 24.4 Å². The second kappa shape index (κ2) is 8.83. The smallest absolute Gasteiger partial charge is 0.411 e. The maximum Gasteiger partial charge on any atom is 0.411 e. The molecule has 0 atom stereocenters. The third kappa shape index (κ3) is 4.52. The highest BCUT2D eigenvalue weighted by Gasteiger charge is 2.53. The Morgan fingerprint density at radius 1 is 1.09 bits per heavy atom. The van der Waals surface area contributed by atoms with Crippen LogP contribution in [0.2, 0.25) is 0 Å². The highest BCUT2D eigenvalue weighted by atomic mass is 19.1. The molecule has 2 aromatic rings. The number of ether oxygens (including phenoxy) is 1. The minimum atomic E-state index is -0.591. The van der Waals surface area contributed by atoms with E-state index in [0.29, 0.717) is 17.1 Å². The number of hydrogen-bond acceptors (Lipinski definition) is 4. The first kappa shape index (κ1) is 21.4. The van der Waals surface area contributed by atoms with Crippen LogP contribution in [0.3, 0.4) is 0 Å². The highest BCUT2D eigenvalue weighted by molar-refractivity contribution is 5.84. The highest BCUT2D eigenvalue weighted by Crippen LogP contribution is 2.57. The number of hydrogen-bond donors (Lipinski definition) is 2. The minimum absolute atomic E-state index is 0.0761. The lowest BCUT2D eigenvalue weighted by Crippen LogP contribution is -2.58. The molecule has 1 saturated heterocycles. The zero-order valence-corrected chi connectivity index (χ0v) is 18.3. The molecule has 1 aliphatic heterocycles. The predicted octanol–water partition coefficient (Wildman–Crippen LogP) is 5.06. The Morgan fingerprint density at radius 2 is 1.81 bits per heavy atom. The number of nitrogens with zero attached hydrogens (tertiary/aromatic N) is 1. The molecule has 0 radical (unpaired) electrons. The number of halogens is 1. The van der Waals surface area contributed by atoms with Crippen LogP contribution in [-0.4, -0.2) is 41.3 Å². The summed E-state index contributed by atoms with van der Waals surface area (Å²) in [5, 5.41) is 12.2. The molecule has 2 N–H and O–H groups in total. The topological polar surface area (TPSA) is 61.8 Å². The Hall–Kier alpha value is -2.44. The van der Waals surface area contributed by atoms with Crippen molar-refractivity contribution in [1.29, 1.82) is 0 Å². The molecule has 0 aromatic heterocycles. The summed E-state index contributed by atoms with van der Waals surface area (Å²) in [6.45, 7) is 2.17. The quantitative estimate of drug-likeness (QED) is 0.685. The molecule has 1 amide bonds. The number of carbonyl (C=O) groups is 1. The molecule has 1 heterocycles. The van der Waals surface area contributed by atoms with Gasteiger partial charge in [-0.2, -0.15) is 0 Å². The Morgan fingerprint density at radius 3 is 2.47 bits per heavy atom. The van der Waals surface area contributed by atoms with E-state index in [9.17, 15) is 14.3 Å². The van der Waals surface area contributed by atoms with Gasteiger partial charge in [0.15, 0.2) is 0 Å². The molecule has 0 unspecified atom stereocenters. The number of likely N-dealkylation sites (tertiary alicyclic amines) is 1. The second-order valence-electron chi connectivity index (χ2n) is 9.86. The maximum atomic E-state index is 14.8. The van der Waals surface area contributed by atoms with Crippen LogP contribution in [-0.2, 0) is 11.3 Å². The summed E-state index contributed by atoms with van der Waals surface area (Å²) >= 11 is 0. The van der Waals surface area contributed by atoms with Crippen molar-refractivity contribution in [3.63, 3.8) is 0 Å². The summed E-state index contributed by atoms with van der Waals surface area (Å²) in [4.78, 5) is 14.6. The van der Waals surface area contributed by atoms with Gasteiger partial charge < -0.3 is 14.7 Å². The van der Waals surface area contributed by atoms with Gasteiger partial charge in [-0.05, 0) is 86.2 Å². The van der Waals surface area contributed by atoms with Gasteiger partial charge in [-0.25, -0.2) is 9.18 Å². The largest absolute Gasteiger partial charge is 0.444 e. The molecular weight excluding hydrogens is 407 g/mol. The van der Waals surface area contributed by atoms with Crippen molar-refractivity contribution in [3.8, 4) is 0 Å². The van der Waals surface area contributed by atoms with Gasteiger partial charge in [-0.1, -0.05) is 36.4 Å². The van der Waals surface area contributed by atoms with Crippen LogP contribution in [0.4, 0.5) is 14.9 Å². The van der Waals surface area contributed by atoms with Gasteiger partial charge in [0.05, 0.1) is 6.10 Å². The van der Waals surface area contributed by atoms with Crippen LogP contribution < -0.4 is 5.32 Å². The van der Waals surface area contributed by atoms with Crippen LogP contribution in [0.25, 0.3) is 0 Å². The first-order valence-corrected chi connectivity index (χ1v) is 11.7. The number of anilines is 1. The molecule has 2 aromatic carbocycles. The van der Waals surface area contributed by atoms with Crippen molar-refractivity contribution in [2.45, 2.75) is 63.2 Å². The summed E-state index contributed by atoms with van der Waals surface area (Å²) in [7, 11) is 0. The number of benzene rings is 2. The number of aliphatic hydroxyl groups is 1. The van der Waals surface area contributed by atoms with Crippen LogP contribution in [0.1, 0.15) is 55.6 Å². The van der Waals surface area contributed by atoms with E-state index in [2.05, 4.69) is 10.2 Å². The van der Waals surface area contributed by atoms with Crippen LogP contribution in [0, 0.1) is 11.2 Å². The van der Waals surface area contributed by atoms with E-state index in [1.807, 2.05) is 30.3 Å². The molecule has 6 heteroatoms. The van der Waals surface area contributed by atoms with Gasteiger partial charge in [0, 0.05) is 11.7 Å². The predicted molar refractivity (Wildman–Crippen MR) is 121 cm³/mol. The van der Waals surface area contributed by atoms with Gasteiger partial charge >= 0.3 is 6.09 Å². The van der Waals surface area contributed by atoms with Gasteiger partial charge in [-0.3, -0.25) is 5.32 Å². The Kier molecular flexibility index (Phi) is 5.91. The van der Waals surface area contributed by atoms with Gasteiger partial charge in [0.2, 0.25) is 0 Å². The average molecular weight is 439 g/mol. The fourth-order valence-corrected chi connectivity index (χ4v) is 5.86. The maximum absolute atomic E-state index is 14.8. The van der Waals surface area contributed by atoms with Gasteiger partial charge in [0.1, 0.15) is 12.4 Å². The molecule has 170 valence electrons. The summed E-state index contributed by atoms with van der Waals surface area (Å²) in [6.07, 6.45) is 5.62. The lowest BCUT2D eigenvalue weighted by atomic mass is 9.52. The lowest BCUT2D eigenvalue weighted by Gasteiger charge is -2.59. The second-order valence-corrected chi connectivity index (χ2v) is 9.86. The van der Waals surface area contributed by atoms with Crippen molar-refractivity contribution in [3.05, 3.63) is 65.5 Å². The Bertz CT molecular complexity index is 945. The zero-order chi connectivity index (χ0) is 22.1. The number of rotatable bonds is 5. The number of piperidine rings is 1. The van der Waals surface area contributed by atoms with Crippen LogP contribution in [0.15, 0.2) is 48.5 Å². The zero-order valence-electron chi connectivity index (χ0n) is 18.3. The van der Waals surface area contributed by atoms with Crippen LogP contribution in [0.5, 0.6) is 0 Å². The third-order valence-electron chi connectivity index (χ3n) is 7.62. The Labute approximate surface area is 188 Å². The number of aliphatic hydroxyl groups excluding tert-OH is 1. The number of nitrogens with one attached hydrogen (secondary N) is 1. The van der Waals surface area contributed by atoms with Crippen molar-refractivity contribution in [2.24, 2.45) is 5.41 Å². The summed E-state index contributed by atoms with van der Waals surface area (Å²) in [6, 6.07) is 15.0.